The molecule has 0 aliphatic rings. The topological polar surface area (TPSA) is 57.5 Å². The summed E-state index contributed by atoms with van der Waals surface area (Å²) in [7, 11) is -1.58. The van der Waals surface area contributed by atoms with E-state index in [1.807, 2.05) is 6.92 Å². The van der Waals surface area contributed by atoms with Crippen molar-refractivity contribution >= 4 is 18.9 Å². The van der Waals surface area contributed by atoms with E-state index in [0.29, 0.717) is 11.8 Å². The van der Waals surface area contributed by atoms with Crippen LogP contribution >= 0.6 is 0 Å². The van der Waals surface area contributed by atoms with Gasteiger partial charge in [0, 0.05) is 5.56 Å². The van der Waals surface area contributed by atoms with E-state index in [1.54, 1.807) is 18.2 Å². The first-order valence-electron chi connectivity index (χ1n) is 3.57. The zero-order chi connectivity index (χ0) is 9.14. The molecule has 1 rings (SSSR count). The highest BCUT2D eigenvalue weighted by atomic mass is 16.4. The van der Waals surface area contributed by atoms with Gasteiger partial charge < -0.3 is 10.0 Å². The number of aldehydes is 1. The summed E-state index contributed by atoms with van der Waals surface area (Å²) in [5.41, 5.74) is 1.46. The Labute approximate surface area is 70.8 Å². The van der Waals surface area contributed by atoms with Crippen LogP contribution in [0.1, 0.15) is 15.9 Å². The summed E-state index contributed by atoms with van der Waals surface area (Å²) in [5.74, 6) is 0. The second-order valence-electron chi connectivity index (χ2n) is 2.62. The van der Waals surface area contributed by atoms with E-state index in [4.69, 9.17) is 10.0 Å². The van der Waals surface area contributed by atoms with Gasteiger partial charge in [-0.15, -0.1) is 0 Å². The normalized spacial score (nSPS) is 9.58. The molecule has 12 heavy (non-hydrogen) atoms. The lowest BCUT2D eigenvalue weighted by Gasteiger charge is -2.03. The average Bonchev–Trinajstić information content (AvgIpc) is 2.04. The van der Waals surface area contributed by atoms with Gasteiger partial charge in [0.1, 0.15) is 6.29 Å². The summed E-state index contributed by atoms with van der Waals surface area (Å²) in [6.45, 7) is 1.82. The van der Waals surface area contributed by atoms with Crippen LogP contribution in [-0.4, -0.2) is 23.5 Å². The molecule has 0 saturated carbocycles. The van der Waals surface area contributed by atoms with Crippen LogP contribution in [0.15, 0.2) is 18.2 Å². The maximum absolute atomic E-state index is 10.4. The summed E-state index contributed by atoms with van der Waals surface area (Å²) in [6, 6.07) is 4.89. The number of aryl methyl sites for hydroxylation is 1. The molecule has 0 aromatic heterocycles. The number of hydrogen-bond donors (Lipinski definition) is 2. The summed E-state index contributed by atoms with van der Waals surface area (Å²) in [4.78, 5) is 10.4. The van der Waals surface area contributed by atoms with Gasteiger partial charge in [0.25, 0.3) is 0 Å². The molecule has 0 unspecified atom stereocenters. The zero-order valence-electron chi connectivity index (χ0n) is 6.69. The smallest absolute Gasteiger partial charge is 0.423 e. The summed E-state index contributed by atoms with van der Waals surface area (Å²) in [5, 5.41) is 17.7. The first kappa shape index (κ1) is 8.97. The van der Waals surface area contributed by atoms with Gasteiger partial charge in [-0.1, -0.05) is 23.8 Å². The van der Waals surface area contributed by atoms with Crippen LogP contribution in [-0.2, 0) is 0 Å². The molecule has 0 spiro atoms. The van der Waals surface area contributed by atoms with E-state index in [9.17, 15) is 4.79 Å². The maximum Gasteiger partial charge on any atom is 0.489 e. The summed E-state index contributed by atoms with van der Waals surface area (Å²) >= 11 is 0. The second kappa shape index (κ2) is 3.52. The SMILES string of the molecule is Cc1ccc(C=O)c(B(O)O)c1. The van der Waals surface area contributed by atoms with Crippen LogP contribution in [0.25, 0.3) is 0 Å². The van der Waals surface area contributed by atoms with Crippen LogP contribution in [0.2, 0.25) is 0 Å². The molecule has 0 aliphatic heterocycles. The summed E-state index contributed by atoms with van der Waals surface area (Å²) < 4.78 is 0. The lowest BCUT2D eigenvalue weighted by Crippen LogP contribution is -2.33. The van der Waals surface area contributed by atoms with Crippen molar-refractivity contribution in [1.29, 1.82) is 0 Å². The first-order valence-corrected chi connectivity index (χ1v) is 3.57. The molecule has 1 aromatic carbocycles. The van der Waals surface area contributed by atoms with Crippen molar-refractivity contribution in [3.8, 4) is 0 Å². The molecule has 3 nitrogen and oxygen atoms in total. The van der Waals surface area contributed by atoms with Gasteiger partial charge >= 0.3 is 7.12 Å². The Kier molecular flexibility index (Phi) is 2.63. The Morgan fingerprint density at radius 1 is 1.42 bits per heavy atom. The minimum Gasteiger partial charge on any atom is -0.423 e. The number of carbonyl (C=O) groups is 1. The van der Waals surface area contributed by atoms with Gasteiger partial charge in [-0.05, 0) is 12.4 Å². The van der Waals surface area contributed by atoms with E-state index in [1.165, 1.54) is 0 Å². The highest BCUT2D eigenvalue weighted by molar-refractivity contribution is 6.60. The maximum atomic E-state index is 10.4. The third kappa shape index (κ3) is 1.72. The molecular formula is C8H9BO3. The van der Waals surface area contributed by atoms with Gasteiger partial charge in [-0.25, -0.2) is 0 Å². The number of hydrogen-bond acceptors (Lipinski definition) is 3. The molecular weight excluding hydrogens is 155 g/mol. The molecule has 0 fully saturated rings. The lowest BCUT2D eigenvalue weighted by atomic mass is 9.76. The Morgan fingerprint density at radius 3 is 2.58 bits per heavy atom. The van der Waals surface area contributed by atoms with Crippen LogP contribution in [0, 0.1) is 6.92 Å². The van der Waals surface area contributed by atoms with Crippen molar-refractivity contribution in [2.24, 2.45) is 0 Å². The standard InChI is InChI=1S/C8H9BO3/c1-6-2-3-7(5-10)8(4-6)9(11)12/h2-5,11-12H,1H3. The fraction of sp³-hybridized carbons (Fsp3) is 0.125. The van der Waals surface area contributed by atoms with Gasteiger partial charge in [0.05, 0.1) is 0 Å². The van der Waals surface area contributed by atoms with E-state index in [0.717, 1.165) is 5.56 Å². The van der Waals surface area contributed by atoms with Crippen molar-refractivity contribution in [3.63, 3.8) is 0 Å². The molecule has 0 amide bonds. The van der Waals surface area contributed by atoms with Crippen molar-refractivity contribution in [1.82, 2.24) is 0 Å². The molecule has 62 valence electrons. The third-order valence-corrected chi connectivity index (χ3v) is 1.65. The number of rotatable bonds is 2. The minimum atomic E-state index is -1.58. The fourth-order valence-corrected chi connectivity index (χ4v) is 1.03. The first-order chi connectivity index (χ1) is 5.65. The van der Waals surface area contributed by atoms with E-state index >= 15 is 0 Å². The summed E-state index contributed by atoms with van der Waals surface area (Å²) in [6.07, 6.45) is 0.605. The van der Waals surface area contributed by atoms with Crippen molar-refractivity contribution in [2.45, 2.75) is 6.92 Å². The van der Waals surface area contributed by atoms with Gasteiger partial charge in [-0.2, -0.15) is 0 Å². The van der Waals surface area contributed by atoms with Gasteiger partial charge in [0.2, 0.25) is 0 Å². The largest absolute Gasteiger partial charge is 0.489 e. The van der Waals surface area contributed by atoms with Crippen LogP contribution in [0.5, 0.6) is 0 Å². The molecule has 2 N–H and O–H groups in total. The predicted molar refractivity (Wildman–Crippen MR) is 46.4 cm³/mol. The Hall–Kier alpha value is -1.13. The molecule has 0 heterocycles. The zero-order valence-corrected chi connectivity index (χ0v) is 6.69. The van der Waals surface area contributed by atoms with Gasteiger partial charge in [0.15, 0.2) is 0 Å². The molecule has 1 aromatic rings. The molecule has 0 atom stereocenters. The highest BCUT2D eigenvalue weighted by Gasteiger charge is 2.15. The van der Waals surface area contributed by atoms with Crippen LogP contribution in [0.4, 0.5) is 0 Å². The van der Waals surface area contributed by atoms with E-state index < -0.39 is 7.12 Å². The minimum absolute atomic E-state index is 0.255. The average molecular weight is 164 g/mol. The molecule has 0 radical (unpaired) electrons. The number of carbonyl (C=O) groups excluding carboxylic acids is 1. The molecule has 4 heteroatoms. The van der Waals surface area contributed by atoms with Crippen LogP contribution < -0.4 is 5.46 Å². The Balaban J connectivity index is 3.21. The molecule has 0 aliphatic carbocycles. The van der Waals surface area contributed by atoms with Crippen molar-refractivity contribution < 1.29 is 14.8 Å². The fourth-order valence-electron chi connectivity index (χ4n) is 1.03. The van der Waals surface area contributed by atoms with Crippen molar-refractivity contribution in [2.75, 3.05) is 0 Å². The molecule has 0 saturated heterocycles. The van der Waals surface area contributed by atoms with E-state index in [2.05, 4.69) is 0 Å². The monoisotopic (exact) mass is 164 g/mol. The van der Waals surface area contributed by atoms with Crippen molar-refractivity contribution in [3.05, 3.63) is 29.3 Å². The quantitative estimate of drug-likeness (QED) is 0.457. The second-order valence-corrected chi connectivity index (χ2v) is 2.62. The van der Waals surface area contributed by atoms with E-state index in [-0.39, 0.29) is 5.46 Å². The van der Waals surface area contributed by atoms with Gasteiger partial charge in [-0.3, -0.25) is 4.79 Å². The lowest BCUT2D eigenvalue weighted by molar-refractivity contribution is 0.112. The Bertz CT molecular complexity index is 296. The molecule has 0 bridgehead atoms. The third-order valence-electron chi connectivity index (χ3n) is 1.65. The van der Waals surface area contributed by atoms with Crippen LogP contribution in [0.3, 0.4) is 0 Å². The number of benzene rings is 1. The predicted octanol–water partition coefficient (Wildman–Crippen LogP) is -0.513. The highest BCUT2D eigenvalue weighted by Crippen LogP contribution is 1.98. The Morgan fingerprint density at radius 2 is 2.08 bits per heavy atom.